The highest BCUT2D eigenvalue weighted by Gasteiger charge is 2.23. The summed E-state index contributed by atoms with van der Waals surface area (Å²) in [7, 11) is 3.57. The fourth-order valence-electron chi connectivity index (χ4n) is 2.04. The molecule has 1 aromatic carbocycles. The van der Waals surface area contributed by atoms with E-state index in [4.69, 9.17) is 16.3 Å². The molecule has 0 saturated heterocycles. The van der Waals surface area contributed by atoms with Crippen LogP contribution in [-0.2, 0) is 0 Å². The van der Waals surface area contributed by atoms with Crippen LogP contribution in [-0.4, -0.2) is 14.2 Å². The summed E-state index contributed by atoms with van der Waals surface area (Å²) in [5, 5.41) is 3.98. The molecule has 108 valence electrons. The van der Waals surface area contributed by atoms with Gasteiger partial charge >= 0.3 is 0 Å². The minimum Gasteiger partial charge on any atom is -0.495 e. The molecule has 0 spiro atoms. The number of hydrogen-bond acceptors (Lipinski definition) is 3. The molecule has 0 aliphatic rings. The highest BCUT2D eigenvalue weighted by molar-refractivity contribution is 9.12. The van der Waals surface area contributed by atoms with E-state index in [2.05, 4.69) is 59.2 Å². The first-order chi connectivity index (χ1) is 9.47. The number of nitrogens with one attached hydrogen (secondary N) is 1. The molecule has 1 N–H and O–H groups in total. The summed E-state index contributed by atoms with van der Waals surface area (Å²) in [6, 6.07) is 5.82. The summed E-state index contributed by atoms with van der Waals surface area (Å²) in [5.74, 6) is 0.781. The van der Waals surface area contributed by atoms with Crippen LogP contribution in [0, 0.1) is 0 Å². The Morgan fingerprint density at radius 2 is 1.90 bits per heavy atom. The molecule has 2 rings (SSSR count). The van der Waals surface area contributed by atoms with Crippen LogP contribution in [0.4, 0.5) is 0 Å². The topological polar surface area (TPSA) is 21.3 Å². The van der Waals surface area contributed by atoms with E-state index in [-0.39, 0.29) is 6.04 Å². The van der Waals surface area contributed by atoms with Gasteiger partial charge in [-0.3, -0.25) is 0 Å². The normalized spacial score (nSPS) is 12.5. The predicted octanol–water partition coefficient (Wildman–Crippen LogP) is 6.01. The summed E-state index contributed by atoms with van der Waals surface area (Å²) < 4.78 is 8.49. The Kier molecular flexibility index (Phi) is 5.97. The molecule has 0 amide bonds. The molecule has 7 heteroatoms. The fourth-order valence-corrected chi connectivity index (χ4v) is 5.94. The third-order valence-electron chi connectivity index (χ3n) is 2.83. The maximum atomic E-state index is 6.18. The molecule has 1 unspecified atom stereocenters. The van der Waals surface area contributed by atoms with Crippen LogP contribution in [0.3, 0.4) is 0 Å². The fraction of sp³-hybridized carbons (Fsp3) is 0.231. The van der Waals surface area contributed by atoms with E-state index >= 15 is 0 Å². The van der Waals surface area contributed by atoms with E-state index in [1.165, 1.54) is 0 Å². The lowest BCUT2D eigenvalue weighted by Crippen LogP contribution is -2.18. The van der Waals surface area contributed by atoms with Crippen LogP contribution < -0.4 is 10.1 Å². The van der Waals surface area contributed by atoms with Crippen molar-refractivity contribution in [2.24, 2.45) is 0 Å². The van der Waals surface area contributed by atoms with Gasteiger partial charge in [0, 0.05) is 10.6 Å². The molecule has 0 saturated carbocycles. The van der Waals surface area contributed by atoms with Crippen molar-refractivity contribution in [3.8, 4) is 5.75 Å². The molecule has 1 atom stereocenters. The third kappa shape index (κ3) is 3.42. The van der Waals surface area contributed by atoms with Gasteiger partial charge in [-0.15, -0.1) is 11.3 Å². The van der Waals surface area contributed by atoms with Gasteiger partial charge in [0.05, 0.1) is 25.2 Å². The van der Waals surface area contributed by atoms with Gasteiger partial charge in [0.1, 0.15) is 5.75 Å². The Morgan fingerprint density at radius 1 is 1.20 bits per heavy atom. The van der Waals surface area contributed by atoms with E-state index < -0.39 is 0 Å². The van der Waals surface area contributed by atoms with E-state index in [1.807, 2.05) is 19.2 Å². The zero-order valence-electron chi connectivity index (χ0n) is 10.6. The van der Waals surface area contributed by atoms with Crippen LogP contribution >= 0.6 is 70.7 Å². The summed E-state index contributed by atoms with van der Waals surface area (Å²) >= 11 is 18.4. The van der Waals surface area contributed by atoms with E-state index in [1.54, 1.807) is 18.4 Å². The van der Waals surface area contributed by atoms with Gasteiger partial charge in [0.2, 0.25) is 0 Å². The van der Waals surface area contributed by atoms with Crippen LogP contribution in [0.2, 0.25) is 5.02 Å². The molecule has 0 radical (unpaired) electrons. The molecular weight excluding hydrogens is 493 g/mol. The van der Waals surface area contributed by atoms with Crippen molar-refractivity contribution in [1.29, 1.82) is 0 Å². The van der Waals surface area contributed by atoms with Crippen LogP contribution in [0.1, 0.15) is 17.2 Å². The smallest absolute Gasteiger partial charge is 0.138 e. The molecule has 20 heavy (non-hydrogen) atoms. The molecular formula is C13H11Br3ClNOS. The van der Waals surface area contributed by atoms with Crippen molar-refractivity contribution in [2.75, 3.05) is 14.2 Å². The van der Waals surface area contributed by atoms with Gasteiger partial charge in [0.25, 0.3) is 0 Å². The lowest BCUT2D eigenvalue weighted by atomic mass is 10.0. The first kappa shape index (κ1) is 16.8. The Hall–Kier alpha value is 0.410. The zero-order chi connectivity index (χ0) is 14.9. The minimum absolute atomic E-state index is 0.0168. The number of halogens is 4. The Balaban J connectivity index is 2.60. The Labute approximate surface area is 152 Å². The Bertz CT molecular complexity index is 632. The summed E-state index contributed by atoms with van der Waals surface area (Å²) in [6.07, 6.45) is 0. The number of benzene rings is 1. The summed E-state index contributed by atoms with van der Waals surface area (Å²) in [4.78, 5) is 0. The SMILES string of the molecule is CNC(c1cc(Br)sc1Br)c1cc(Cl)cc(Br)c1OC. The van der Waals surface area contributed by atoms with Gasteiger partial charge in [0.15, 0.2) is 0 Å². The lowest BCUT2D eigenvalue weighted by molar-refractivity contribution is 0.402. The molecule has 1 aromatic heterocycles. The molecule has 1 heterocycles. The van der Waals surface area contributed by atoms with Gasteiger partial charge in [-0.25, -0.2) is 0 Å². The minimum atomic E-state index is -0.0168. The van der Waals surface area contributed by atoms with Gasteiger partial charge in [-0.05, 0) is 78.6 Å². The average Bonchev–Trinajstić information content (AvgIpc) is 2.69. The highest BCUT2D eigenvalue weighted by atomic mass is 79.9. The lowest BCUT2D eigenvalue weighted by Gasteiger charge is -2.20. The van der Waals surface area contributed by atoms with Crippen molar-refractivity contribution in [3.63, 3.8) is 0 Å². The average molecular weight is 504 g/mol. The van der Waals surface area contributed by atoms with Crippen molar-refractivity contribution in [2.45, 2.75) is 6.04 Å². The largest absolute Gasteiger partial charge is 0.495 e. The molecule has 2 aromatic rings. The zero-order valence-corrected chi connectivity index (χ0v) is 17.0. The summed E-state index contributed by atoms with van der Waals surface area (Å²) in [5.41, 5.74) is 2.12. The molecule has 0 bridgehead atoms. The quantitative estimate of drug-likeness (QED) is 0.551. The van der Waals surface area contributed by atoms with Crippen LogP contribution in [0.25, 0.3) is 0 Å². The second kappa shape index (κ2) is 7.11. The second-order valence-electron chi connectivity index (χ2n) is 4.01. The van der Waals surface area contributed by atoms with Crippen molar-refractivity contribution in [3.05, 3.63) is 46.4 Å². The number of ether oxygens (including phenoxy) is 1. The van der Waals surface area contributed by atoms with Gasteiger partial charge in [-0.2, -0.15) is 0 Å². The standard InChI is InChI=1S/C13H11Br3ClNOS/c1-18-11(8-5-10(15)20-13(8)16)7-3-6(17)4-9(14)12(7)19-2/h3-5,11,18H,1-2H3. The predicted molar refractivity (Wildman–Crippen MR) is 96.3 cm³/mol. The number of methoxy groups -OCH3 is 1. The first-order valence-corrected chi connectivity index (χ1v) is 9.20. The summed E-state index contributed by atoms with van der Waals surface area (Å²) in [6.45, 7) is 0. The molecule has 0 fully saturated rings. The number of rotatable bonds is 4. The number of hydrogen-bond donors (Lipinski definition) is 1. The van der Waals surface area contributed by atoms with E-state index in [0.29, 0.717) is 5.02 Å². The van der Waals surface area contributed by atoms with Crippen molar-refractivity contribution < 1.29 is 4.74 Å². The second-order valence-corrected chi connectivity index (χ2v) is 9.05. The maximum absolute atomic E-state index is 6.18. The van der Waals surface area contributed by atoms with Crippen LogP contribution in [0.5, 0.6) is 5.75 Å². The van der Waals surface area contributed by atoms with Crippen molar-refractivity contribution in [1.82, 2.24) is 5.32 Å². The van der Waals surface area contributed by atoms with E-state index in [9.17, 15) is 0 Å². The Morgan fingerprint density at radius 3 is 2.40 bits per heavy atom. The number of thiophene rings is 1. The van der Waals surface area contributed by atoms with Gasteiger partial charge in [-0.1, -0.05) is 11.6 Å². The monoisotopic (exact) mass is 501 g/mol. The van der Waals surface area contributed by atoms with Gasteiger partial charge < -0.3 is 10.1 Å². The third-order valence-corrected chi connectivity index (χ3v) is 6.03. The molecule has 2 nitrogen and oxygen atoms in total. The molecule has 0 aliphatic carbocycles. The van der Waals surface area contributed by atoms with E-state index in [0.717, 1.165) is 28.9 Å². The van der Waals surface area contributed by atoms with Crippen LogP contribution in [0.15, 0.2) is 30.2 Å². The maximum Gasteiger partial charge on any atom is 0.138 e. The molecule has 0 aliphatic heterocycles. The highest BCUT2D eigenvalue weighted by Crippen LogP contribution is 2.43. The first-order valence-electron chi connectivity index (χ1n) is 5.62. The van der Waals surface area contributed by atoms with Crippen molar-refractivity contribution >= 4 is 70.7 Å².